The Morgan fingerprint density at radius 1 is 1.21 bits per heavy atom. The number of rotatable bonds is 5. The van der Waals surface area contributed by atoms with E-state index in [0.717, 1.165) is 18.7 Å². The van der Waals surface area contributed by atoms with E-state index in [0.29, 0.717) is 24.0 Å². The van der Waals surface area contributed by atoms with Crippen LogP contribution in [0.4, 0.5) is 0 Å². The van der Waals surface area contributed by atoms with E-state index in [-0.39, 0.29) is 30.7 Å². The van der Waals surface area contributed by atoms with Gasteiger partial charge in [-0.25, -0.2) is 0 Å². The lowest BCUT2D eigenvalue weighted by Crippen LogP contribution is -2.37. The lowest BCUT2D eigenvalue weighted by Gasteiger charge is -2.11. The third-order valence-corrected chi connectivity index (χ3v) is 3.61. The van der Waals surface area contributed by atoms with Crippen LogP contribution in [0.1, 0.15) is 23.3 Å². The first-order valence-corrected chi connectivity index (χ1v) is 7.52. The van der Waals surface area contributed by atoms with Crippen LogP contribution in [0.5, 0.6) is 11.5 Å². The maximum Gasteiger partial charge on any atom is 0.270 e. The van der Waals surface area contributed by atoms with E-state index in [2.05, 4.69) is 15.6 Å². The number of carbonyl (C=O) groups excluding carboxylic acids is 1. The molecule has 1 aromatic carbocycles. The lowest BCUT2D eigenvalue weighted by molar-refractivity contribution is 0.0945. The van der Waals surface area contributed by atoms with Crippen LogP contribution in [0.2, 0.25) is 0 Å². The fourth-order valence-corrected chi connectivity index (χ4v) is 2.46. The molecular weight excluding hydrogens is 349 g/mol. The summed E-state index contributed by atoms with van der Waals surface area (Å²) in [4.78, 5) is 16.3. The summed E-state index contributed by atoms with van der Waals surface area (Å²) in [5.74, 6) is 1.16. The van der Waals surface area contributed by atoms with Gasteiger partial charge in [-0.2, -0.15) is 0 Å². The predicted octanol–water partition coefficient (Wildman–Crippen LogP) is 3.20. The minimum absolute atomic E-state index is 0. The highest BCUT2D eigenvalue weighted by Gasteiger charge is 2.16. The van der Waals surface area contributed by atoms with Gasteiger partial charge in [0.1, 0.15) is 17.2 Å². The van der Waals surface area contributed by atoms with Crippen LogP contribution in [0, 0.1) is 0 Å². The monoisotopic (exact) mass is 369 g/mol. The zero-order chi connectivity index (χ0) is 15.2. The average Bonchev–Trinajstić information content (AvgIpc) is 3.07. The Balaban J connectivity index is 0.00000144. The van der Waals surface area contributed by atoms with Crippen molar-refractivity contribution in [1.29, 1.82) is 0 Å². The molecule has 7 heteroatoms. The smallest absolute Gasteiger partial charge is 0.270 e. The van der Waals surface area contributed by atoms with Gasteiger partial charge < -0.3 is 15.4 Å². The Morgan fingerprint density at radius 2 is 2.00 bits per heavy atom. The fourth-order valence-electron chi connectivity index (χ4n) is 2.46. The summed E-state index contributed by atoms with van der Waals surface area (Å²) in [6.07, 6.45) is 3.85. The van der Waals surface area contributed by atoms with Crippen LogP contribution in [0.15, 0.2) is 48.7 Å². The van der Waals surface area contributed by atoms with E-state index in [4.69, 9.17) is 4.74 Å². The number of para-hydroxylation sites is 1. The second-order valence-corrected chi connectivity index (χ2v) is 5.30. The summed E-state index contributed by atoms with van der Waals surface area (Å²) in [7, 11) is 0. The van der Waals surface area contributed by atoms with Crippen LogP contribution < -0.4 is 15.4 Å². The number of aromatic nitrogens is 1. The van der Waals surface area contributed by atoms with Crippen LogP contribution >= 0.6 is 24.8 Å². The highest BCUT2D eigenvalue weighted by atomic mass is 35.5. The van der Waals surface area contributed by atoms with E-state index in [1.807, 2.05) is 30.3 Å². The summed E-state index contributed by atoms with van der Waals surface area (Å²) in [5, 5.41) is 6.26. The molecule has 0 radical (unpaired) electrons. The standard InChI is InChI=1S/C17H19N3O2.2ClH/c21-17(20-12-13-5-4-9-18-13)16-11-15(8-10-19-16)22-14-6-2-1-3-7-14;;/h1-3,6-8,10-11,13,18H,4-5,9,12H2,(H,20,21);2*1H. The van der Waals surface area contributed by atoms with E-state index in [1.54, 1.807) is 18.3 Å². The van der Waals surface area contributed by atoms with Crippen molar-refractivity contribution in [2.24, 2.45) is 0 Å². The maximum absolute atomic E-state index is 12.1. The molecule has 0 spiro atoms. The van der Waals surface area contributed by atoms with Gasteiger partial charge in [0.25, 0.3) is 5.91 Å². The Hall–Kier alpha value is -1.82. The number of ether oxygens (including phenoxy) is 1. The van der Waals surface area contributed by atoms with Crippen molar-refractivity contribution in [1.82, 2.24) is 15.6 Å². The van der Waals surface area contributed by atoms with Gasteiger partial charge in [-0.05, 0) is 37.6 Å². The molecule has 1 aliphatic rings. The van der Waals surface area contributed by atoms with Crippen molar-refractivity contribution < 1.29 is 9.53 Å². The first-order chi connectivity index (χ1) is 10.8. The van der Waals surface area contributed by atoms with Gasteiger partial charge in [-0.15, -0.1) is 24.8 Å². The van der Waals surface area contributed by atoms with Gasteiger partial charge in [0.2, 0.25) is 0 Å². The van der Waals surface area contributed by atoms with Crippen molar-refractivity contribution in [3.63, 3.8) is 0 Å². The Kier molecular flexibility index (Phi) is 8.54. The summed E-state index contributed by atoms with van der Waals surface area (Å²) >= 11 is 0. The Morgan fingerprint density at radius 3 is 2.71 bits per heavy atom. The predicted molar refractivity (Wildman–Crippen MR) is 98.6 cm³/mol. The molecule has 0 saturated carbocycles. The van der Waals surface area contributed by atoms with Gasteiger partial charge in [-0.3, -0.25) is 9.78 Å². The number of pyridine rings is 1. The van der Waals surface area contributed by atoms with Gasteiger partial charge in [0.15, 0.2) is 0 Å². The number of nitrogens with one attached hydrogen (secondary N) is 2. The molecule has 5 nitrogen and oxygen atoms in total. The van der Waals surface area contributed by atoms with Gasteiger partial charge in [0, 0.05) is 24.8 Å². The zero-order valence-corrected chi connectivity index (χ0v) is 14.7. The van der Waals surface area contributed by atoms with Crippen LogP contribution in [0.25, 0.3) is 0 Å². The van der Waals surface area contributed by atoms with Crippen LogP contribution in [0.3, 0.4) is 0 Å². The number of hydrogen-bond donors (Lipinski definition) is 2. The van der Waals surface area contributed by atoms with Crippen molar-refractivity contribution in [3.05, 3.63) is 54.4 Å². The second kappa shape index (κ2) is 10.1. The van der Waals surface area contributed by atoms with Crippen molar-refractivity contribution >= 4 is 30.7 Å². The van der Waals surface area contributed by atoms with E-state index in [9.17, 15) is 4.79 Å². The highest BCUT2D eigenvalue weighted by Crippen LogP contribution is 2.20. The van der Waals surface area contributed by atoms with Crippen LogP contribution in [-0.4, -0.2) is 30.0 Å². The topological polar surface area (TPSA) is 63.2 Å². The summed E-state index contributed by atoms with van der Waals surface area (Å²) in [6.45, 7) is 1.66. The molecule has 1 atom stereocenters. The number of benzene rings is 1. The zero-order valence-electron chi connectivity index (χ0n) is 13.1. The molecule has 130 valence electrons. The van der Waals surface area contributed by atoms with E-state index < -0.39 is 0 Å². The minimum Gasteiger partial charge on any atom is -0.457 e. The second-order valence-electron chi connectivity index (χ2n) is 5.30. The normalized spacial score (nSPS) is 15.8. The number of hydrogen-bond acceptors (Lipinski definition) is 4. The van der Waals surface area contributed by atoms with Crippen LogP contribution in [-0.2, 0) is 0 Å². The number of nitrogens with zero attached hydrogens (tertiary/aromatic N) is 1. The Bertz CT molecular complexity index is 635. The summed E-state index contributed by atoms with van der Waals surface area (Å²) < 4.78 is 5.71. The molecule has 1 aliphatic heterocycles. The number of carbonyl (C=O) groups is 1. The third kappa shape index (κ3) is 5.67. The molecule has 3 rings (SSSR count). The molecule has 1 saturated heterocycles. The molecule has 0 aliphatic carbocycles. The van der Waals surface area contributed by atoms with Gasteiger partial charge in [0.05, 0.1) is 0 Å². The minimum atomic E-state index is -0.174. The summed E-state index contributed by atoms with van der Waals surface area (Å²) in [5.41, 5.74) is 0.367. The lowest BCUT2D eigenvalue weighted by atomic mass is 10.2. The molecule has 1 aromatic heterocycles. The molecule has 24 heavy (non-hydrogen) atoms. The molecule has 1 amide bonds. The van der Waals surface area contributed by atoms with Crippen molar-refractivity contribution in [2.75, 3.05) is 13.1 Å². The average molecular weight is 370 g/mol. The van der Waals surface area contributed by atoms with E-state index in [1.165, 1.54) is 6.42 Å². The maximum atomic E-state index is 12.1. The number of amides is 1. The molecule has 2 heterocycles. The third-order valence-electron chi connectivity index (χ3n) is 3.61. The highest BCUT2D eigenvalue weighted by molar-refractivity contribution is 5.92. The number of halogens is 2. The molecule has 1 unspecified atom stereocenters. The molecule has 2 aromatic rings. The van der Waals surface area contributed by atoms with Crippen molar-refractivity contribution in [2.45, 2.75) is 18.9 Å². The van der Waals surface area contributed by atoms with Gasteiger partial charge >= 0.3 is 0 Å². The SMILES string of the molecule is Cl.Cl.O=C(NCC1CCCN1)c1cc(Oc2ccccc2)ccn1. The quantitative estimate of drug-likeness (QED) is 0.849. The molecule has 1 fully saturated rings. The first-order valence-electron chi connectivity index (χ1n) is 7.52. The molecular formula is C17H21Cl2N3O2. The Labute approximate surface area is 154 Å². The largest absolute Gasteiger partial charge is 0.457 e. The molecule has 2 N–H and O–H groups in total. The first kappa shape index (κ1) is 20.2. The van der Waals surface area contributed by atoms with Gasteiger partial charge in [-0.1, -0.05) is 18.2 Å². The molecule has 0 bridgehead atoms. The fraction of sp³-hybridized carbons (Fsp3) is 0.294. The van der Waals surface area contributed by atoms with Crippen molar-refractivity contribution in [3.8, 4) is 11.5 Å². The van der Waals surface area contributed by atoms with E-state index >= 15 is 0 Å². The summed E-state index contributed by atoms with van der Waals surface area (Å²) in [6, 6.07) is 13.2.